The van der Waals surface area contributed by atoms with Crippen LogP contribution in [0.3, 0.4) is 0 Å². The van der Waals surface area contributed by atoms with Gasteiger partial charge in [-0.05, 0) is 43.7 Å². The number of likely N-dealkylation sites (N-methyl/N-ethyl adjacent to an activating group) is 1. The maximum atomic E-state index is 5.97. The molecule has 7 nitrogen and oxygen atoms in total. The molecule has 0 N–H and O–H groups in total. The molecule has 0 aliphatic carbocycles. The lowest BCUT2D eigenvalue weighted by Crippen LogP contribution is -2.36. The first-order chi connectivity index (χ1) is 16.8. The summed E-state index contributed by atoms with van der Waals surface area (Å²) in [5, 5.41) is 4.76. The van der Waals surface area contributed by atoms with Crippen molar-refractivity contribution in [2.24, 2.45) is 7.05 Å². The average molecular weight is 475 g/mol. The van der Waals surface area contributed by atoms with E-state index in [2.05, 4.69) is 68.8 Å². The minimum Gasteiger partial charge on any atom is -0.376 e. The van der Waals surface area contributed by atoms with E-state index < -0.39 is 0 Å². The Hall–Kier alpha value is -2.93. The lowest BCUT2D eigenvalue weighted by atomic mass is 10.0. The normalized spacial score (nSPS) is 17.8. The third kappa shape index (κ3) is 4.66. The van der Waals surface area contributed by atoms with Gasteiger partial charge in [0.2, 0.25) is 0 Å². The molecule has 5 rings (SSSR count). The van der Waals surface area contributed by atoms with Crippen molar-refractivity contribution in [3.63, 3.8) is 0 Å². The quantitative estimate of drug-likeness (QED) is 0.512. The minimum absolute atomic E-state index is 0.264. The molecule has 0 bridgehead atoms. The first-order valence-corrected chi connectivity index (χ1v) is 12.9. The lowest BCUT2D eigenvalue weighted by molar-refractivity contribution is 0.116. The zero-order chi connectivity index (χ0) is 24.7. The minimum atomic E-state index is 0.264. The lowest BCUT2D eigenvalue weighted by Gasteiger charge is -2.33. The summed E-state index contributed by atoms with van der Waals surface area (Å²) in [7, 11) is 4.19. The van der Waals surface area contributed by atoms with Crippen molar-refractivity contribution < 1.29 is 4.74 Å². The van der Waals surface area contributed by atoms with Crippen LogP contribution in [0.5, 0.6) is 0 Å². The second-order valence-electron chi connectivity index (χ2n) is 10.5. The van der Waals surface area contributed by atoms with Crippen LogP contribution in [0.25, 0.3) is 11.4 Å². The summed E-state index contributed by atoms with van der Waals surface area (Å²) in [6, 6.07) is 8.64. The van der Waals surface area contributed by atoms with Crippen molar-refractivity contribution in [1.29, 1.82) is 0 Å². The molecule has 1 aromatic carbocycles. The number of benzene rings is 1. The highest BCUT2D eigenvalue weighted by molar-refractivity contribution is 5.68. The monoisotopic (exact) mass is 474 g/mol. The Morgan fingerprint density at radius 3 is 2.60 bits per heavy atom. The van der Waals surface area contributed by atoms with Gasteiger partial charge >= 0.3 is 0 Å². The molecule has 1 fully saturated rings. The predicted octanol–water partition coefficient (Wildman–Crippen LogP) is 4.80. The highest BCUT2D eigenvalue weighted by Crippen LogP contribution is 2.34. The van der Waals surface area contributed by atoms with E-state index in [1.165, 1.54) is 16.7 Å². The number of anilines is 2. The van der Waals surface area contributed by atoms with Crippen LogP contribution in [0.1, 0.15) is 60.7 Å². The Bertz CT molecular complexity index is 1190. The van der Waals surface area contributed by atoms with E-state index in [1.54, 1.807) is 0 Å². The molecule has 35 heavy (non-hydrogen) atoms. The number of aryl methyl sites for hydroxylation is 3. The fourth-order valence-corrected chi connectivity index (χ4v) is 5.42. The van der Waals surface area contributed by atoms with Crippen LogP contribution in [0.4, 0.5) is 11.6 Å². The first kappa shape index (κ1) is 23.8. The Balaban J connectivity index is 1.55. The van der Waals surface area contributed by atoms with Crippen molar-refractivity contribution in [3.8, 4) is 11.4 Å². The van der Waals surface area contributed by atoms with Crippen LogP contribution in [-0.4, -0.2) is 52.6 Å². The molecule has 4 heterocycles. The second kappa shape index (κ2) is 9.61. The summed E-state index contributed by atoms with van der Waals surface area (Å²) in [6.45, 7) is 12.1. The Kier molecular flexibility index (Phi) is 6.53. The van der Waals surface area contributed by atoms with Gasteiger partial charge in [0, 0.05) is 64.0 Å². The maximum Gasteiger partial charge on any atom is 0.162 e. The predicted molar refractivity (Wildman–Crippen MR) is 141 cm³/mol. The van der Waals surface area contributed by atoms with Crippen molar-refractivity contribution in [1.82, 2.24) is 19.7 Å². The number of aromatic nitrogens is 4. The number of nitrogens with zero attached hydrogens (tertiary/aromatic N) is 6. The summed E-state index contributed by atoms with van der Waals surface area (Å²) in [5.74, 6) is 3.43. The van der Waals surface area contributed by atoms with Gasteiger partial charge < -0.3 is 14.5 Å². The fraction of sp³-hybridized carbons (Fsp3) is 0.536. The summed E-state index contributed by atoms with van der Waals surface area (Å²) in [4.78, 5) is 15.1. The second-order valence-corrected chi connectivity index (χ2v) is 10.5. The molecule has 2 aliphatic heterocycles. The van der Waals surface area contributed by atoms with E-state index >= 15 is 0 Å². The van der Waals surface area contributed by atoms with E-state index in [0.717, 1.165) is 79.9 Å². The molecule has 186 valence electrons. The SMILES string of the molecule is Cc1cccc(C)c1-c1nc2c(c(N(C)CC3CCCO3)n1)CN(c1cc(C(C)C)nn1C)CC2. The highest BCUT2D eigenvalue weighted by atomic mass is 16.5. The molecule has 1 unspecified atom stereocenters. The molecule has 0 spiro atoms. The molecular weight excluding hydrogens is 436 g/mol. The summed E-state index contributed by atoms with van der Waals surface area (Å²) in [5.41, 5.74) is 7.09. The Morgan fingerprint density at radius 2 is 1.94 bits per heavy atom. The third-order valence-corrected chi connectivity index (χ3v) is 7.40. The van der Waals surface area contributed by atoms with E-state index in [-0.39, 0.29) is 6.10 Å². The van der Waals surface area contributed by atoms with Crippen molar-refractivity contribution in [3.05, 3.63) is 52.3 Å². The van der Waals surface area contributed by atoms with Gasteiger partial charge in [-0.25, -0.2) is 9.97 Å². The summed E-state index contributed by atoms with van der Waals surface area (Å²) < 4.78 is 7.98. The topological polar surface area (TPSA) is 59.3 Å². The molecule has 1 atom stereocenters. The molecule has 2 aromatic heterocycles. The van der Waals surface area contributed by atoms with Crippen LogP contribution < -0.4 is 9.80 Å². The Morgan fingerprint density at radius 1 is 1.17 bits per heavy atom. The molecule has 0 radical (unpaired) electrons. The van der Waals surface area contributed by atoms with Gasteiger partial charge in [0.25, 0.3) is 0 Å². The van der Waals surface area contributed by atoms with Gasteiger partial charge in [0.1, 0.15) is 11.6 Å². The highest BCUT2D eigenvalue weighted by Gasteiger charge is 2.28. The zero-order valence-electron chi connectivity index (χ0n) is 22.0. The largest absolute Gasteiger partial charge is 0.376 e. The van der Waals surface area contributed by atoms with Gasteiger partial charge in [-0.15, -0.1) is 0 Å². The van der Waals surface area contributed by atoms with Gasteiger partial charge in [0.15, 0.2) is 5.82 Å². The summed E-state index contributed by atoms with van der Waals surface area (Å²) >= 11 is 0. The van der Waals surface area contributed by atoms with Gasteiger partial charge in [0.05, 0.1) is 17.5 Å². The molecule has 0 amide bonds. The Labute approximate surface area is 209 Å². The van der Waals surface area contributed by atoms with E-state index in [1.807, 2.05) is 11.7 Å². The maximum absolute atomic E-state index is 5.97. The van der Waals surface area contributed by atoms with E-state index in [4.69, 9.17) is 19.8 Å². The van der Waals surface area contributed by atoms with E-state index in [0.29, 0.717) is 5.92 Å². The number of fused-ring (bicyclic) bond motifs is 1. The molecule has 7 heteroatoms. The first-order valence-electron chi connectivity index (χ1n) is 12.9. The number of hydrogen-bond acceptors (Lipinski definition) is 6. The molecule has 1 saturated heterocycles. The van der Waals surface area contributed by atoms with Crippen molar-refractivity contribution in [2.75, 3.05) is 36.5 Å². The van der Waals surface area contributed by atoms with Crippen LogP contribution in [0.15, 0.2) is 24.3 Å². The standard InChI is InChI=1S/C28H38N6O/c1-18(2)24-15-25(33(6)31-24)34-13-12-23-22(17-34)28(32(5)16-21-11-8-14-35-21)30-27(29-23)26-19(3)9-7-10-20(26)4/h7,9-10,15,18,21H,8,11-14,16-17H2,1-6H3. The van der Waals surface area contributed by atoms with Gasteiger partial charge in [-0.2, -0.15) is 5.10 Å². The van der Waals surface area contributed by atoms with Crippen molar-refractivity contribution in [2.45, 2.75) is 65.5 Å². The number of rotatable bonds is 6. The average Bonchev–Trinajstić information content (AvgIpc) is 3.47. The van der Waals surface area contributed by atoms with Gasteiger partial charge in [-0.3, -0.25) is 4.68 Å². The van der Waals surface area contributed by atoms with Crippen LogP contribution in [-0.2, 0) is 24.8 Å². The van der Waals surface area contributed by atoms with Gasteiger partial charge in [-0.1, -0.05) is 32.0 Å². The fourth-order valence-electron chi connectivity index (χ4n) is 5.42. The summed E-state index contributed by atoms with van der Waals surface area (Å²) in [6.07, 6.45) is 3.40. The molecule has 0 saturated carbocycles. The third-order valence-electron chi connectivity index (χ3n) is 7.40. The number of ether oxygens (including phenoxy) is 1. The van der Waals surface area contributed by atoms with Crippen LogP contribution in [0, 0.1) is 13.8 Å². The molecular formula is C28H38N6O. The smallest absolute Gasteiger partial charge is 0.162 e. The zero-order valence-corrected chi connectivity index (χ0v) is 22.0. The van der Waals surface area contributed by atoms with Crippen molar-refractivity contribution >= 4 is 11.6 Å². The molecule has 3 aromatic rings. The van der Waals surface area contributed by atoms with Crippen LogP contribution in [0.2, 0.25) is 0 Å². The number of hydrogen-bond donors (Lipinski definition) is 0. The molecule has 2 aliphatic rings. The van der Waals surface area contributed by atoms with Crippen LogP contribution >= 0.6 is 0 Å². The van der Waals surface area contributed by atoms with E-state index in [9.17, 15) is 0 Å².